The second-order valence-electron chi connectivity index (χ2n) is 7.08. The number of sulfonamides is 1. The maximum atomic E-state index is 13.5. The molecule has 0 radical (unpaired) electrons. The van der Waals surface area contributed by atoms with Crippen LogP contribution in [0.5, 0.6) is 0 Å². The molecule has 0 spiro atoms. The second-order valence-corrected chi connectivity index (χ2v) is 8.99. The summed E-state index contributed by atoms with van der Waals surface area (Å²) in [5, 5.41) is 1.67. The van der Waals surface area contributed by atoms with Crippen molar-refractivity contribution in [2.24, 2.45) is 0 Å². The van der Waals surface area contributed by atoms with Crippen LogP contribution in [0.1, 0.15) is 30.7 Å². The van der Waals surface area contributed by atoms with Gasteiger partial charge in [0.25, 0.3) is 0 Å². The Bertz CT molecular complexity index is 1040. The molecule has 3 aromatic carbocycles. The summed E-state index contributed by atoms with van der Waals surface area (Å²) in [6.45, 7) is 0.945. The van der Waals surface area contributed by atoms with Crippen LogP contribution in [0.25, 0.3) is 10.8 Å². The minimum Gasteiger partial charge on any atom is -0.207 e. The summed E-state index contributed by atoms with van der Waals surface area (Å²) in [5.74, 6) is -0.189. The lowest BCUT2D eigenvalue weighted by atomic mass is 9.95. The number of hydrogen-bond acceptors (Lipinski definition) is 2. The summed E-state index contributed by atoms with van der Waals surface area (Å²) >= 11 is 0. The Kier molecular flexibility index (Phi) is 4.98. The monoisotopic (exact) mass is 383 g/mol. The molecule has 1 unspecified atom stereocenters. The topological polar surface area (TPSA) is 37.4 Å². The largest absolute Gasteiger partial charge is 0.243 e. The average molecular weight is 383 g/mol. The van der Waals surface area contributed by atoms with Crippen LogP contribution in [0, 0.1) is 5.82 Å². The van der Waals surface area contributed by atoms with E-state index >= 15 is 0 Å². The molecular weight excluding hydrogens is 361 g/mol. The Hall–Kier alpha value is -2.24. The molecule has 1 fully saturated rings. The van der Waals surface area contributed by atoms with Gasteiger partial charge in [-0.2, -0.15) is 4.31 Å². The van der Waals surface area contributed by atoms with Crippen LogP contribution in [0.2, 0.25) is 0 Å². The fraction of sp³-hybridized carbons (Fsp3) is 0.273. The molecule has 1 heterocycles. The lowest BCUT2D eigenvalue weighted by Gasteiger charge is -2.25. The first-order chi connectivity index (χ1) is 13.1. The van der Waals surface area contributed by atoms with E-state index in [9.17, 15) is 12.8 Å². The van der Waals surface area contributed by atoms with Gasteiger partial charge in [-0.1, -0.05) is 55.0 Å². The predicted octanol–water partition coefficient (Wildman–Crippen LogP) is 4.94. The van der Waals surface area contributed by atoms with E-state index in [4.69, 9.17) is 0 Å². The van der Waals surface area contributed by atoms with Gasteiger partial charge in [0.05, 0.1) is 4.90 Å². The number of halogens is 1. The van der Waals surface area contributed by atoms with Crippen LogP contribution in [-0.4, -0.2) is 25.8 Å². The lowest BCUT2D eigenvalue weighted by molar-refractivity contribution is 0.406. The molecule has 0 bridgehead atoms. The summed E-state index contributed by atoms with van der Waals surface area (Å²) in [4.78, 5) is 0.361. The summed E-state index contributed by atoms with van der Waals surface area (Å²) in [6, 6.07) is 19.4. The fourth-order valence-corrected chi connectivity index (χ4v) is 5.63. The van der Waals surface area contributed by atoms with Gasteiger partial charge in [0, 0.05) is 18.5 Å². The normalized spacial score (nSPS) is 19.1. The van der Waals surface area contributed by atoms with Gasteiger partial charge in [0.1, 0.15) is 5.82 Å². The Labute approximate surface area is 159 Å². The Morgan fingerprint density at radius 2 is 1.63 bits per heavy atom. The quantitative estimate of drug-likeness (QED) is 0.643. The molecule has 5 heteroatoms. The van der Waals surface area contributed by atoms with Crippen molar-refractivity contribution in [2.75, 3.05) is 13.1 Å². The van der Waals surface area contributed by atoms with Gasteiger partial charge in [0.15, 0.2) is 0 Å². The number of nitrogens with zero attached hydrogens (tertiary/aromatic N) is 1. The summed E-state index contributed by atoms with van der Waals surface area (Å²) in [7, 11) is -3.60. The highest BCUT2D eigenvalue weighted by atomic mass is 32.2. The van der Waals surface area contributed by atoms with E-state index in [2.05, 4.69) is 0 Å². The van der Waals surface area contributed by atoms with Crippen molar-refractivity contribution >= 4 is 20.8 Å². The van der Waals surface area contributed by atoms with Crippen molar-refractivity contribution in [1.82, 2.24) is 4.31 Å². The van der Waals surface area contributed by atoms with E-state index in [0.29, 0.717) is 18.0 Å². The van der Waals surface area contributed by atoms with E-state index in [-0.39, 0.29) is 11.7 Å². The van der Waals surface area contributed by atoms with Crippen LogP contribution in [-0.2, 0) is 10.0 Å². The van der Waals surface area contributed by atoms with Crippen LogP contribution >= 0.6 is 0 Å². The number of rotatable bonds is 3. The third-order valence-corrected chi connectivity index (χ3v) is 7.27. The predicted molar refractivity (Wildman–Crippen MR) is 106 cm³/mol. The van der Waals surface area contributed by atoms with Crippen molar-refractivity contribution in [2.45, 2.75) is 30.1 Å². The van der Waals surface area contributed by atoms with Crippen molar-refractivity contribution in [3.63, 3.8) is 0 Å². The van der Waals surface area contributed by atoms with Gasteiger partial charge in [-0.15, -0.1) is 0 Å². The summed E-state index contributed by atoms with van der Waals surface area (Å²) < 4.78 is 41.8. The van der Waals surface area contributed by atoms with Gasteiger partial charge < -0.3 is 0 Å². The zero-order chi connectivity index (χ0) is 18.9. The van der Waals surface area contributed by atoms with Crippen molar-refractivity contribution in [3.8, 4) is 0 Å². The summed E-state index contributed by atoms with van der Waals surface area (Å²) in [5.41, 5.74) is 0.997. The highest BCUT2D eigenvalue weighted by molar-refractivity contribution is 7.89. The van der Waals surface area contributed by atoms with Crippen LogP contribution < -0.4 is 0 Å². The first-order valence-corrected chi connectivity index (χ1v) is 10.7. The number of benzene rings is 3. The minimum atomic E-state index is -3.60. The molecule has 3 aromatic rings. The third kappa shape index (κ3) is 3.62. The van der Waals surface area contributed by atoms with Crippen LogP contribution in [0.3, 0.4) is 0 Å². The molecule has 3 nitrogen and oxygen atoms in total. The molecule has 1 saturated heterocycles. The van der Waals surface area contributed by atoms with Gasteiger partial charge >= 0.3 is 0 Å². The molecule has 0 amide bonds. The van der Waals surface area contributed by atoms with E-state index in [0.717, 1.165) is 35.6 Å². The number of hydrogen-bond donors (Lipinski definition) is 0. The van der Waals surface area contributed by atoms with Crippen molar-refractivity contribution < 1.29 is 12.8 Å². The highest BCUT2D eigenvalue weighted by Gasteiger charge is 2.30. The average Bonchev–Trinajstić information content (AvgIpc) is 2.95. The number of fused-ring (bicyclic) bond motifs is 1. The third-order valence-electron chi connectivity index (χ3n) is 5.34. The van der Waals surface area contributed by atoms with Crippen LogP contribution in [0.4, 0.5) is 4.39 Å². The minimum absolute atomic E-state index is 0.0813. The molecule has 1 aliphatic rings. The van der Waals surface area contributed by atoms with E-state index in [1.165, 1.54) is 12.1 Å². The van der Waals surface area contributed by atoms with E-state index in [1.54, 1.807) is 28.6 Å². The molecule has 1 atom stereocenters. The first kappa shape index (κ1) is 18.1. The Balaban J connectivity index is 1.70. The van der Waals surface area contributed by atoms with E-state index < -0.39 is 10.0 Å². The fourth-order valence-electron chi connectivity index (χ4n) is 3.89. The van der Waals surface area contributed by atoms with Crippen LogP contribution in [0.15, 0.2) is 71.6 Å². The summed E-state index contributed by atoms with van der Waals surface area (Å²) in [6.07, 6.45) is 2.71. The molecule has 27 heavy (non-hydrogen) atoms. The molecule has 0 aliphatic carbocycles. The second kappa shape index (κ2) is 7.41. The molecule has 140 valence electrons. The zero-order valence-corrected chi connectivity index (χ0v) is 15.8. The Morgan fingerprint density at radius 3 is 2.44 bits per heavy atom. The van der Waals surface area contributed by atoms with Gasteiger partial charge in [-0.3, -0.25) is 0 Å². The zero-order valence-electron chi connectivity index (χ0n) is 15.0. The van der Waals surface area contributed by atoms with Gasteiger partial charge in [0.2, 0.25) is 10.0 Å². The van der Waals surface area contributed by atoms with E-state index in [1.807, 2.05) is 30.3 Å². The van der Waals surface area contributed by atoms with Gasteiger partial charge in [-0.05, 0) is 47.9 Å². The van der Waals surface area contributed by atoms with Gasteiger partial charge in [-0.25, -0.2) is 12.8 Å². The molecular formula is C22H22FNO2S. The molecule has 0 aromatic heterocycles. The Morgan fingerprint density at radius 1 is 0.889 bits per heavy atom. The lowest BCUT2D eigenvalue weighted by Crippen LogP contribution is -2.34. The molecule has 4 rings (SSSR count). The highest BCUT2D eigenvalue weighted by Crippen LogP contribution is 2.32. The molecule has 0 N–H and O–H groups in total. The van der Waals surface area contributed by atoms with Crippen molar-refractivity contribution in [3.05, 3.63) is 78.1 Å². The standard InChI is InChI=1S/C22H22FNO2S/c23-20-13-11-17(12-14-20)19-7-3-4-15-24(16-19)27(25,26)22-10-5-8-18-6-1-2-9-21(18)22/h1-2,5-6,8-14,19H,3-4,7,15-16H2. The smallest absolute Gasteiger partial charge is 0.207 e. The van der Waals surface area contributed by atoms with Crippen molar-refractivity contribution in [1.29, 1.82) is 0 Å². The first-order valence-electron chi connectivity index (χ1n) is 9.29. The molecule has 0 saturated carbocycles. The maximum absolute atomic E-state index is 13.5. The maximum Gasteiger partial charge on any atom is 0.243 e. The SMILES string of the molecule is O=S(=O)(c1cccc2ccccc12)N1CCCCC(c2ccc(F)cc2)C1. The molecule has 1 aliphatic heterocycles.